The number of halogens is 3. The van der Waals surface area contributed by atoms with E-state index in [1.165, 1.54) is 13.0 Å². The van der Waals surface area contributed by atoms with Crippen molar-refractivity contribution in [1.29, 1.82) is 0 Å². The molecule has 2 atom stereocenters. The summed E-state index contributed by atoms with van der Waals surface area (Å²) in [5.74, 6) is -0.265. The summed E-state index contributed by atoms with van der Waals surface area (Å²) in [7, 11) is 1.00. The summed E-state index contributed by atoms with van der Waals surface area (Å²) in [6.45, 7) is 5.41. The average Bonchev–Trinajstić information content (AvgIpc) is 2.56. The van der Waals surface area contributed by atoms with Gasteiger partial charge in [-0.1, -0.05) is 26.0 Å². The van der Waals surface area contributed by atoms with Gasteiger partial charge in [-0.15, -0.1) is 0 Å². The zero-order chi connectivity index (χ0) is 18.2. The molecule has 0 spiro atoms. The minimum absolute atomic E-state index is 0.0419. The Morgan fingerprint density at radius 2 is 1.74 bits per heavy atom. The number of hydrogen-bond acceptors (Lipinski definition) is 2. The number of carboxylic acid groups (broad SMARTS) is 1. The van der Waals surface area contributed by atoms with Crippen LogP contribution in [0.25, 0.3) is 6.08 Å². The summed E-state index contributed by atoms with van der Waals surface area (Å²) in [6, 6.07) is 5.60. The molecule has 2 unspecified atom stereocenters. The zero-order valence-corrected chi connectivity index (χ0v) is 13.9. The molecule has 1 aliphatic heterocycles. The van der Waals surface area contributed by atoms with Gasteiger partial charge in [0.25, 0.3) is 0 Å². The first-order chi connectivity index (χ1) is 10.9. The lowest BCUT2D eigenvalue weighted by Crippen LogP contribution is -2.34. The highest BCUT2D eigenvalue weighted by Crippen LogP contribution is 2.34. The Labute approximate surface area is 134 Å². The molecule has 0 aliphatic carbocycles. The first-order valence-corrected chi connectivity index (χ1v) is 7.05. The van der Waals surface area contributed by atoms with Crippen LogP contribution in [0.4, 0.5) is 13.2 Å². The molecule has 3 nitrogen and oxygen atoms in total. The van der Waals surface area contributed by atoms with Crippen LogP contribution in [-0.4, -0.2) is 37.7 Å². The SMILES string of the molecule is CC(C)c1ccc2c(c1)OC(C(C)F)C(C(=O)O)=C2.CF.CF. The fourth-order valence-corrected chi connectivity index (χ4v) is 2.11. The van der Waals surface area contributed by atoms with Gasteiger partial charge in [0, 0.05) is 5.56 Å². The molecule has 1 heterocycles. The molecule has 0 saturated heterocycles. The van der Waals surface area contributed by atoms with Crippen LogP contribution >= 0.6 is 0 Å². The van der Waals surface area contributed by atoms with Crippen LogP contribution in [0.1, 0.15) is 37.8 Å². The summed E-state index contributed by atoms with van der Waals surface area (Å²) in [5, 5.41) is 9.11. The maximum absolute atomic E-state index is 13.5. The van der Waals surface area contributed by atoms with E-state index in [1.54, 1.807) is 0 Å². The second-order valence-corrected chi connectivity index (χ2v) is 5.07. The summed E-state index contributed by atoms with van der Waals surface area (Å²) < 4.78 is 38.1. The second kappa shape index (κ2) is 9.92. The van der Waals surface area contributed by atoms with E-state index in [2.05, 4.69) is 13.8 Å². The van der Waals surface area contributed by atoms with Gasteiger partial charge in [-0.25, -0.2) is 9.18 Å². The summed E-state index contributed by atoms with van der Waals surface area (Å²) in [6.07, 6.45) is -0.933. The van der Waals surface area contributed by atoms with Crippen LogP contribution in [0, 0.1) is 0 Å². The molecule has 0 saturated carbocycles. The molecule has 1 aliphatic rings. The third-order valence-corrected chi connectivity index (χ3v) is 3.24. The van der Waals surface area contributed by atoms with E-state index in [0.29, 0.717) is 31.6 Å². The topological polar surface area (TPSA) is 46.5 Å². The number of rotatable bonds is 3. The lowest BCUT2D eigenvalue weighted by atomic mass is 9.95. The van der Waals surface area contributed by atoms with Crippen molar-refractivity contribution < 1.29 is 27.8 Å². The fourth-order valence-electron chi connectivity index (χ4n) is 2.11. The molecule has 130 valence electrons. The van der Waals surface area contributed by atoms with Crippen LogP contribution in [0.5, 0.6) is 5.75 Å². The van der Waals surface area contributed by atoms with Crippen molar-refractivity contribution in [2.24, 2.45) is 0 Å². The molecule has 0 amide bonds. The zero-order valence-electron chi connectivity index (χ0n) is 13.9. The van der Waals surface area contributed by atoms with E-state index in [4.69, 9.17) is 9.84 Å². The van der Waals surface area contributed by atoms with Gasteiger partial charge in [-0.05, 0) is 30.5 Å². The predicted octanol–water partition coefficient (Wildman–Crippen LogP) is 4.57. The third-order valence-electron chi connectivity index (χ3n) is 3.24. The van der Waals surface area contributed by atoms with Crippen molar-refractivity contribution in [2.75, 3.05) is 14.4 Å². The molecule has 6 heteroatoms. The number of benzene rings is 1. The van der Waals surface area contributed by atoms with E-state index in [-0.39, 0.29) is 5.57 Å². The number of ether oxygens (including phenoxy) is 1. The fraction of sp³-hybridized carbons (Fsp3) is 0.471. The van der Waals surface area contributed by atoms with E-state index in [9.17, 15) is 18.0 Å². The Hall–Kier alpha value is -1.98. The Balaban J connectivity index is 0.00000112. The quantitative estimate of drug-likeness (QED) is 0.882. The maximum atomic E-state index is 13.5. The minimum Gasteiger partial charge on any atom is -0.482 e. The van der Waals surface area contributed by atoms with Gasteiger partial charge in [-0.3, -0.25) is 8.78 Å². The predicted molar refractivity (Wildman–Crippen MR) is 85.2 cm³/mol. The lowest BCUT2D eigenvalue weighted by Gasteiger charge is -2.27. The molecule has 1 aromatic carbocycles. The number of carboxylic acids is 1. The van der Waals surface area contributed by atoms with Crippen molar-refractivity contribution >= 4 is 12.0 Å². The van der Waals surface area contributed by atoms with Gasteiger partial charge in [0.2, 0.25) is 0 Å². The molecule has 0 aromatic heterocycles. The highest BCUT2D eigenvalue weighted by Gasteiger charge is 2.32. The summed E-state index contributed by atoms with van der Waals surface area (Å²) in [4.78, 5) is 11.1. The summed E-state index contributed by atoms with van der Waals surface area (Å²) >= 11 is 0. The normalized spacial score (nSPS) is 16.6. The maximum Gasteiger partial charge on any atom is 0.335 e. The molecule has 1 aromatic rings. The Bertz CT molecular complexity index is 540. The molecule has 2 rings (SSSR count). The van der Waals surface area contributed by atoms with E-state index in [1.807, 2.05) is 18.2 Å². The number of fused-ring (bicyclic) bond motifs is 1. The van der Waals surface area contributed by atoms with Crippen molar-refractivity contribution in [3.8, 4) is 5.75 Å². The van der Waals surface area contributed by atoms with Gasteiger partial charge in [-0.2, -0.15) is 0 Å². The van der Waals surface area contributed by atoms with E-state index >= 15 is 0 Å². The second-order valence-electron chi connectivity index (χ2n) is 5.07. The van der Waals surface area contributed by atoms with Crippen LogP contribution in [0.3, 0.4) is 0 Å². The minimum atomic E-state index is -1.38. The average molecular weight is 332 g/mol. The molecular weight excluding hydrogens is 309 g/mol. The molecular formula is C17H23F3O3. The lowest BCUT2D eigenvalue weighted by molar-refractivity contribution is -0.133. The van der Waals surface area contributed by atoms with Gasteiger partial charge in [0.05, 0.1) is 19.9 Å². The Kier molecular flexibility index (Phi) is 9.07. The smallest absolute Gasteiger partial charge is 0.335 e. The standard InChI is InChI=1S/C15H17FO3.2CH3F/c1-8(2)10-4-5-11-6-12(15(17)18)14(9(3)16)19-13(11)7-10;2*1-2/h4-9,14H,1-3H3,(H,17,18);2*1H3. The molecule has 1 N–H and O–H groups in total. The highest BCUT2D eigenvalue weighted by molar-refractivity contribution is 5.94. The van der Waals surface area contributed by atoms with E-state index in [0.717, 1.165) is 5.56 Å². The van der Waals surface area contributed by atoms with Gasteiger partial charge >= 0.3 is 5.97 Å². The van der Waals surface area contributed by atoms with Gasteiger partial charge in [0.15, 0.2) is 6.10 Å². The number of carbonyl (C=O) groups is 1. The van der Waals surface area contributed by atoms with Gasteiger partial charge in [0.1, 0.15) is 11.9 Å². The number of alkyl halides is 3. The van der Waals surface area contributed by atoms with Crippen LogP contribution in [-0.2, 0) is 4.79 Å². The Morgan fingerprint density at radius 1 is 1.17 bits per heavy atom. The van der Waals surface area contributed by atoms with E-state index < -0.39 is 18.2 Å². The largest absolute Gasteiger partial charge is 0.482 e. The highest BCUT2D eigenvalue weighted by atomic mass is 19.1. The van der Waals surface area contributed by atoms with Crippen LogP contribution < -0.4 is 4.74 Å². The number of hydrogen-bond donors (Lipinski definition) is 1. The van der Waals surface area contributed by atoms with Crippen molar-refractivity contribution in [2.45, 2.75) is 39.0 Å². The van der Waals surface area contributed by atoms with Crippen LogP contribution in [0.2, 0.25) is 0 Å². The van der Waals surface area contributed by atoms with Gasteiger partial charge < -0.3 is 9.84 Å². The Morgan fingerprint density at radius 3 is 2.17 bits per heavy atom. The molecule has 0 bridgehead atoms. The number of aliphatic carboxylic acids is 1. The molecule has 0 radical (unpaired) electrons. The first kappa shape index (κ1) is 21.0. The molecule has 23 heavy (non-hydrogen) atoms. The van der Waals surface area contributed by atoms with Crippen molar-refractivity contribution in [1.82, 2.24) is 0 Å². The van der Waals surface area contributed by atoms with Crippen molar-refractivity contribution in [3.63, 3.8) is 0 Å². The van der Waals surface area contributed by atoms with Crippen molar-refractivity contribution in [3.05, 3.63) is 34.9 Å². The van der Waals surface area contributed by atoms with Crippen LogP contribution in [0.15, 0.2) is 23.8 Å². The molecule has 0 fully saturated rings. The first-order valence-electron chi connectivity index (χ1n) is 7.05. The monoisotopic (exact) mass is 332 g/mol. The third kappa shape index (κ3) is 5.30. The summed E-state index contributed by atoms with van der Waals surface area (Å²) in [5.41, 5.74) is 1.72.